The van der Waals surface area contributed by atoms with Crippen LogP contribution >= 0.6 is 24.0 Å². The second kappa shape index (κ2) is 12.6. The number of guanidine groups is 1. The van der Waals surface area contributed by atoms with Crippen LogP contribution in [0.1, 0.15) is 31.1 Å². The highest BCUT2D eigenvalue weighted by Crippen LogP contribution is 2.14. The van der Waals surface area contributed by atoms with Crippen molar-refractivity contribution in [3.05, 3.63) is 48.0 Å². The van der Waals surface area contributed by atoms with E-state index >= 15 is 0 Å². The lowest BCUT2D eigenvalue weighted by molar-refractivity contribution is 0.294. The Labute approximate surface area is 166 Å². The maximum absolute atomic E-state index is 5.75. The van der Waals surface area contributed by atoms with Crippen molar-refractivity contribution in [2.75, 3.05) is 20.2 Å². The highest BCUT2D eigenvalue weighted by Gasteiger charge is 2.06. The Bertz CT molecular complexity index is 617. The van der Waals surface area contributed by atoms with E-state index in [1.54, 1.807) is 19.5 Å². The van der Waals surface area contributed by atoms with Crippen LogP contribution in [0.2, 0.25) is 0 Å². The summed E-state index contributed by atoms with van der Waals surface area (Å²) in [5.41, 5.74) is 1.02. The lowest BCUT2D eigenvalue weighted by Crippen LogP contribution is -2.37. The number of nitrogens with zero attached hydrogens (tertiary/aromatic N) is 2. The molecule has 7 heteroatoms. The van der Waals surface area contributed by atoms with Gasteiger partial charge < -0.3 is 19.8 Å². The Kier molecular flexibility index (Phi) is 10.7. The fourth-order valence-corrected chi connectivity index (χ4v) is 2.16. The quantitative estimate of drug-likeness (QED) is 0.261. The molecule has 138 valence electrons. The number of aliphatic imine (C=N–C) groups is 1. The molecule has 2 N–H and O–H groups in total. The number of ether oxygens (including phenoxy) is 1. The lowest BCUT2D eigenvalue weighted by Gasteiger charge is -2.13. The minimum atomic E-state index is 0. The van der Waals surface area contributed by atoms with Gasteiger partial charge in [0.25, 0.3) is 0 Å². The van der Waals surface area contributed by atoms with Gasteiger partial charge in [-0.3, -0.25) is 4.99 Å². The van der Waals surface area contributed by atoms with E-state index < -0.39 is 0 Å². The van der Waals surface area contributed by atoms with Gasteiger partial charge in [-0.1, -0.05) is 19.4 Å². The van der Waals surface area contributed by atoms with Crippen LogP contribution in [0.4, 0.5) is 0 Å². The topological polar surface area (TPSA) is 71.7 Å². The number of aromatic nitrogens is 1. The maximum atomic E-state index is 5.75. The summed E-state index contributed by atoms with van der Waals surface area (Å²) in [5, 5.41) is 6.55. The van der Waals surface area contributed by atoms with Crippen molar-refractivity contribution < 1.29 is 9.15 Å². The molecule has 0 saturated heterocycles. The third-order valence-corrected chi connectivity index (χ3v) is 3.50. The fraction of sp³-hybridized carbons (Fsp3) is 0.444. The number of nitrogens with one attached hydrogen (secondary N) is 2. The van der Waals surface area contributed by atoms with Gasteiger partial charge in [-0.25, -0.2) is 4.98 Å². The standard InChI is InChI=1S/C18H26N4O2.HI/c1-3-4-12-24-17-15(7-5-10-20-17)14-22-18(19-2)21-11-9-16-8-6-13-23-16;/h5-8,10,13H,3-4,9,11-12,14H2,1-2H3,(H2,19,21,22);1H. The van der Waals surface area contributed by atoms with E-state index in [4.69, 9.17) is 9.15 Å². The molecule has 0 aliphatic carbocycles. The van der Waals surface area contributed by atoms with E-state index in [0.717, 1.165) is 43.1 Å². The van der Waals surface area contributed by atoms with Crippen LogP contribution < -0.4 is 15.4 Å². The summed E-state index contributed by atoms with van der Waals surface area (Å²) in [6, 6.07) is 7.78. The molecule has 2 aromatic heterocycles. The predicted octanol–water partition coefficient (Wildman–Crippen LogP) is 3.38. The minimum Gasteiger partial charge on any atom is -0.477 e. The first-order chi connectivity index (χ1) is 11.8. The highest BCUT2D eigenvalue weighted by atomic mass is 127. The van der Waals surface area contributed by atoms with Crippen LogP contribution in [-0.2, 0) is 13.0 Å². The highest BCUT2D eigenvalue weighted by molar-refractivity contribution is 14.0. The smallest absolute Gasteiger partial charge is 0.218 e. The van der Waals surface area contributed by atoms with Crippen LogP contribution in [0.3, 0.4) is 0 Å². The van der Waals surface area contributed by atoms with E-state index in [0.29, 0.717) is 19.0 Å². The second-order valence-corrected chi connectivity index (χ2v) is 5.35. The van der Waals surface area contributed by atoms with Crippen LogP contribution in [0.15, 0.2) is 46.1 Å². The first-order valence-electron chi connectivity index (χ1n) is 8.37. The summed E-state index contributed by atoms with van der Waals surface area (Å²) in [7, 11) is 1.75. The lowest BCUT2D eigenvalue weighted by atomic mass is 10.2. The molecule has 0 aliphatic rings. The summed E-state index contributed by atoms with van der Waals surface area (Å²) >= 11 is 0. The Balaban J connectivity index is 0.00000312. The van der Waals surface area contributed by atoms with Gasteiger partial charge in [0.15, 0.2) is 5.96 Å². The van der Waals surface area contributed by atoms with E-state index in [2.05, 4.69) is 27.5 Å². The van der Waals surface area contributed by atoms with Crippen LogP contribution in [0, 0.1) is 0 Å². The maximum Gasteiger partial charge on any atom is 0.218 e. The fourth-order valence-electron chi connectivity index (χ4n) is 2.16. The molecule has 0 aromatic carbocycles. The Morgan fingerprint density at radius 3 is 2.88 bits per heavy atom. The monoisotopic (exact) mass is 458 g/mol. The Morgan fingerprint density at radius 2 is 2.16 bits per heavy atom. The van der Waals surface area contributed by atoms with Crippen molar-refractivity contribution in [1.82, 2.24) is 15.6 Å². The van der Waals surface area contributed by atoms with Gasteiger partial charge in [-0.15, -0.1) is 24.0 Å². The summed E-state index contributed by atoms with van der Waals surface area (Å²) in [4.78, 5) is 8.54. The molecular weight excluding hydrogens is 431 g/mol. The van der Waals surface area contributed by atoms with Gasteiger partial charge >= 0.3 is 0 Å². The molecule has 0 bridgehead atoms. The molecule has 2 heterocycles. The molecule has 0 atom stereocenters. The van der Waals surface area contributed by atoms with Crippen LogP contribution in [0.25, 0.3) is 0 Å². The van der Waals surface area contributed by atoms with Crippen molar-refractivity contribution in [2.24, 2.45) is 4.99 Å². The zero-order chi connectivity index (χ0) is 17.0. The first kappa shape index (κ1) is 21.3. The number of hydrogen-bond donors (Lipinski definition) is 2. The molecule has 2 rings (SSSR count). The van der Waals surface area contributed by atoms with Gasteiger partial charge in [0.1, 0.15) is 5.76 Å². The average Bonchev–Trinajstić information content (AvgIpc) is 3.12. The molecule has 0 saturated carbocycles. The van der Waals surface area contributed by atoms with Crippen LogP contribution in [0.5, 0.6) is 5.88 Å². The predicted molar refractivity (Wildman–Crippen MR) is 111 cm³/mol. The molecule has 25 heavy (non-hydrogen) atoms. The molecular formula is C18H27IN4O2. The molecule has 0 fully saturated rings. The molecule has 0 amide bonds. The number of pyridine rings is 1. The second-order valence-electron chi connectivity index (χ2n) is 5.35. The number of unbranched alkanes of at least 4 members (excludes halogenated alkanes) is 1. The summed E-state index contributed by atoms with van der Waals surface area (Å²) in [5.74, 6) is 2.38. The third kappa shape index (κ3) is 7.76. The van der Waals surface area contributed by atoms with Crippen molar-refractivity contribution in [3.8, 4) is 5.88 Å². The number of furan rings is 1. The number of halogens is 1. The van der Waals surface area contributed by atoms with E-state index in [-0.39, 0.29) is 24.0 Å². The van der Waals surface area contributed by atoms with E-state index in [1.165, 1.54) is 0 Å². The Hall–Kier alpha value is -1.77. The van der Waals surface area contributed by atoms with Crippen molar-refractivity contribution in [3.63, 3.8) is 0 Å². The van der Waals surface area contributed by atoms with Gasteiger partial charge in [0, 0.05) is 38.3 Å². The largest absolute Gasteiger partial charge is 0.477 e. The third-order valence-electron chi connectivity index (χ3n) is 3.50. The zero-order valence-corrected chi connectivity index (χ0v) is 17.2. The molecule has 2 aromatic rings. The average molecular weight is 458 g/mol. The van der Waals surface area contributed by atoms with E-state index in [9.17, 15) is 0 Å². The first-order valence-corrected chi connectivity index (χ1v) is 8.37. The summed E-state index contributed by atoms with van der Waals surface area (Å²) in [6.07, 6.45) is 6.38. The zero-order valence-electron chi connectivity index (χ0n) is 14.8. The molecule has 0 spiro atoms. The molecule has 0 aliphatic heterocycles. The molecule has 0 unspecified atom stereocenters. The normalized spacial score (nSPS) is 10.9. The van der Waals surface area contributed by atoms with Gasteiger partial charge in [-0.2, -0.15) is 0 Å². The van der Waals surface area contributed by atoms with Crippen molar-refractivity contribution in [2.45, 2.75) is 32.7 Å². The number of rotatable bonds is 9. The van der Waals surface area contributed by atoms with Gasteiger partial charge in [-0.05, 0) is 24.6 Å². The molecule has 6 nitrogen and oxygen atoms in total. The summed E-state index contributed by atoms with van der Waals surface area (Å²) in [6.45, 7) is 4.19. The Morgan fingerprint density at radius 1 is 1.28 bits per heavy atom. The van der Waals surface area contributed by atoms with Crippen molar-refractivity contribution in [1.29, 1.82) is 0 Å². The summed E-state index contributed by atoms with van der Waals surface area (Å²) < 4.78 is 11.1. The van der Waals surface area contributed by atoms with Crippen molar-refractivity contribution >= 4 is 29.9 Å². The molecule has 0 radical (unpaired) electrons. The van der Waals surface area contributed by atoms with E-state index in [1.807, 2.05) is 24.3 Å². The number of hydrogen-bond acceptors (Lipinski definition) is 4. The van der Waals surface area contributed by atoms with Gasteiger partial charge in [0.05, 0.1) is 12.9 Å². The van der Waals surface area contributed by atoms with Crippen LogP contribution in [-0.4, -0.2) is 31.1 Å². The SMILES string of the molecule is CCCCOc1ncccc1CNC(=NC)NCCc1ccco1.I. The minimum absolute atomic E-state index is 0. The van der Waals surface area contributed by atoms with Gasteiger partial charge in [0.2, 0.25) is 5.88 Å².